The Kier molecular flexibility index (Phi) is 5.47. The number of rotatable bonds is 2. The van der Waals surface area contributed by atoms with Crippen molar-refractivity contribution in [3.8, 4) is 17.6 Å². The molecule has 2 aliphatic rings. The topological polar surface area (TPSA) is 86.4 Å². The zero-order chi connectivity index (χ0) is 19.0. The first kappa shape index (κ1) is 20.0. The Labute approximate surface area is 167 Å². The fraction of sp³-hybridized carbons (Fsp3) is 0.250. The second-order valence-corrected chi connectivity index (χ2v) is 6.53. The van der Waals surface area contributed by atoms with Crippen molar-refractivity contribution in [2.75, 3.05) is 25.5 Å². The molecular weight excluding hydrogens is 385 g/mol. The predicted molar refractivity (Wildman–Crippen MR) is 107 cm³/mol. The van der Waals surface area contributed by atoms with E-state index in [4.69, 9.17) is 4.74 Å². The van der Waals surface area contributed by atoms with Crippen LogP contribution in [0.25, 0.3) is 11.6 Å². The Hall–Kier alpha value is -2.79. The molecule has 0 bridgehead atoms. The van der Waals surface area contributed by atoms with Crippen LogP contribution in [-0.4, -0.2) is 41.8 Å². The molecule has 1 aromatic heterocycles. The second kappa shape index (κ2) is 7.68. The lowest BCUT2D eigenvalue weighted by Crippen LogP contribution is -2.29. The molecule has 0 saturated carbocycles. The van der Waals surface area contributed by atoms with Gasteiger partial charge in [-0.2, -0.15) is 0 Å². The number of carbonyl (C=O) groups is 1. The minimum atomic E-state index is -1.20. The summed E-state index contributed by atoms with van der Waals surface area (Å²) < 4.78 is 19.8. The maximum absolute atomic E-state index is 14.6. The Morgan fingerprint density at radius 3 is 2.89 bits per heavy atom. The van der Waals surface area contributed by atoms with Crippen LogP contribution in [0.15, 0.2) is 24.4 Å². The first-order valence-corrected chi connectivity index (χ1v) is 8.54. The van der Waals surface area contributed by atoms with E-state index in [1.54, 1.807) is 18.3 Å². The molecule has 6 nitrogen and oxygen atoms in total. The maximum atomic E-state index is 14.6. The molecule has 8 heteroatoms. The number of halogens is 2. The number of aromatic amines is 1. The molecule has 1 amide bonds. The molecule has 1 aromatic carbocycles. The molecule has 3 heterocycles. The number of fused-ring (bicyclic) bond motifs is 1. The van der Waals surface area contributed by atoms with E-state index >= 15 is 0 Å². The van der Waals surface area contributed by atoms with Crippen LogP contribution < -0.4 is 15.4 Å². The van der Waals surface area contributed by atoms with Gasteiger partial charge in [0.05, 0.1) is 29.6 Å². The molecule has 2 aliphatic heterocycles. The number of amides is 1. The average Bonchev–Trinajstić information content (AvgIpc) is 3.35. The molecule has 0 radical (unpaired) electrons. The summed E-state index contributed by atoms with van der Waals surface area (Å²) in [4.78, 5) is 15.5. The van der Waals surface area contributed by atoms with Crippen molar-refractivity contribution in [1.29, 1.82) is 0 Å². The lowest BCUT2D eigenvalue weighted by molar-refractivity contribution is -0.110. The van der Waals surface area contributed by atoms with Crippen LogP contribution in [0.5, 0.6) is 5.75 Å². The summed E-state index contributed by atoms with van der Waals surface area (Å²) >= 11 is 0. The molecule has 4 rings (SSSR count). The molecule has 0 aliphatic carbocycles. The number of nitrogens with one attached hydrogen (secondary N) is 3. The number of aliphatic hydroxyl groups is 1. The number of anilines is 1. The number of hydrogen-bond acceptors (Lipinski definition) is 4. The van der Waals surface area contributed by atoms with E-state index in [9.17, 15) is 14.3 Å². The van der Waals surface area contributed by atoms with Crippen LogP contribution >= 0.6 is 12.4 Å². The van der Waals surface area contributed by atoms with Crippen LogP contribution in [0, 0.1) is 17.7 Å². The number of β-amino-alcohol motifs (C(OH)–C–C–N with tert-alkyl or cyclic N) is 1. The van der Waals surface area contributed by atoms with Crippen molar-refractivity contribution in [2.45, 2.75) is 12.0 Å². The molecule has 1 unspecified atom stereocenters. The average molecular weight is 404 g/mol. The molecule has 2 aromatic rings. The number of hydrogen-bond donors (Lipinski definition) is 4. The predicted octanol–water partition coefficient (Wildman–Crippen LogP) is 2.15. The van der Waals surface area contributed by atoms with E-state index < -0.39 is 11.4 Å². The summed E-state index contributed by atoms with van der Waals surface area (Å²) in [5.41, 5.74) is 0.640. The zero-order valence-corrected chi connectivity index (χ0v) is 15.9. The van der Waals surface area contributed by atoms with Crippen LogP contribution in [0.4, 0.5) is 10.1 Å². The number of aromatic nitrogens is 1. The van der Waals surface area contributed by atoms with Gasteiger partial charge in [0, 0.05) is 24.7 Å². The van der Waals surface area contributed by atoms with E-state index in [1.165, 1.54) is 19.2 Å². The minimum absolute atomic E-state index is 0. The van der Waals surface area contributed by atoms with Gasteiger partial charge in [-0.25, -0.2) is 4.39 Å². The molecule has 4 N–H and O–H groups in total. The summed E-state index contributed by atoms with van der Waals surface area (Å²) in [6.45, 7) is 0.981. The lowest BCUT2D eigenvalue weighted by Gasteiger charge is -2.12. The van der Waals surface area contributed by atoms with E-state index in [2.05, 4.69) is 27.5 Å². The van der Waals surface area contributed by atoms with Crippen LogP contribution in [-0.2, 0) is 4.79 Å². The third-order valence-corrected chi connectivity index (χ3v) is 4.72. The Morgan fingerprint density at radius 1 is 1.36 bits per heavy atom. The number of ether oxygens (including phenoxy) is 1. The summed E-state index contributed by atoms with van der Waals surface area (Å²) in [6, 6.07) is 4.50. The van der Waals surface area contributed by atoms with Gasteiger partial charge in [0.2, 0.25) is 0 Å². The van der Waals surface area contributed by atoms with E-state index in [1.807, 2.05) is 0 Å². The standard InChI is InChI=1S/C20H18FN3O3.ClH/c1-27-17-5-8-23-16(17)10-13-18-12(4-6-20(26)7-9-22-11-20)14(21)2-3-15(18)24-19(13)25;/h2-3,5,8,10,22-23,26H,7,9,11H2,1H3,(H,24,25);1H/b13-10-;. The third-order valence-electron chi connectivity index (χ3n) is 4.72. The fourth-order valence-corrected chi connectivity index (χ4v) is 3.29. The summed E-state index contributed by atoms with van der Waals surface area (Å²) in [5, 5.41) is 16.2. The Balaban J connectivity index is 0.00000225. The first-order valence-electron chi connectivity index (χ1n) is 8.54. The van der Waals surface area contributed by atoms with Crippen LogP contribution in [0.2, 0.25) is 0 Å². The van der Waals surface area contributed by atoms with Crippen molar-refractivity contribution in [1.82, 2.24) is 10.3 Å². The highest BCUT2D eigenvalue weighted by molar-refractivity contribution is 6.35. The second-order valence-electron chi connectivity index (χ2n) is 6.53. The fourth-order valence-electron chi connectivity index (χ4n) is 3.29. The maximum Gasteiger partial charge on any atom is 0.256 e. The summed E-state index contributed by atoms with van der Waals surface area (Å²) in [7, 11) is 1.53. The Bertz CT molecular complexity index is 1010. The van der Waals surface area contributed by atoms with Gasteiger partial charge in [0.15, 0.2) is 0 Å². The van der Waals surface area contributed by atoms with Crippen molar-refractivity contribution >= 4 is 35.7 Å². The highest BCUT2D eigenvalue weighted by Crippen LogP contribution is 2.37. The van der Waals surface area contributed by atoms with Crippen molar-refractivity contribution in [3.63, 3.8) is 0 Å². The summed E-state index contributed by atoms with van der Waals surface area (Å²) in [6.07, 6.45) is 3.76. The van der Waals surface area contributed by atoms with E-state index in [-0.39, 0.29) is 29.5 Å². The molecule has 1 atom stereocenters. The quantitative estimate of drug-likeness (QED) is 0.457. The number of methoxy groups -OCH3 is 1. The number of H-pyrrole nitrogens is 1. The van der Waals surface area contributed by atoms with Gasteiger partial charge in [-0.1, -0.05) is 11.8 Å². The van der Waals surface area contributed by atoms with Gasteiger partial charge in [0.25, 0.3) is 5.91 Å². The molecule has 0 spiro atoms. The van der Waals surface area contributed by atoms with E-state index in [0.29, 0.717) is 42.2 Å². The van der Waals surface area contributed by atoms with Crippen molar-refractivity contribution in [2.24, 2.45) is 0 Å². The number of benzene rings is 1. The van der Waals surface area contributed by atoms with Gasteiger partial charge in [-0.15, -0.1) is 12.4 Å². The van der Waals surface area contributed by atoms with Crippen molar-refractivity contribution in [3.05, 3.63) is 47.0 Å². The van der Waals surface area contributed by atoms with Crippen LogP contribution in [0.1, 0.15) is 23.2 Å². The number of carbonyl (C=O) groups excluding carboxylic acids is 1. The molecule has 1 saturated heterocycles. The third kappa shape index (κ3) is 3.50. The van der Waals surface area contributed by atoms with Crippen LogP contribution in [0.3, 0.4) is 0 Å². The molecule has 146 valence electrons. The Morgan fingerprint density at radius 2 is 2.18 bits per heavy atom. The first-order chi connectivity index (χ1) is 13.0. The lowest BCUT2D eigenvalue weighted by atomic mass is 9.97. The highest BCUT2D eigenvalue weighted by Gasteiger charge is 2.31. The minimum Gasteiger partial charge on any atom is -0.495 e. The SMILES string of the molecule is COc1cc[nH]c1/C=C1\C(=O)Nc2ccc(F)c(C#CC3(O)CCNC3)c21.Cl. The summed E-state index contributed by atoms with van der Waals surface area (Å²) in [5.74, 6) is 5.20. The molecular formula is C20H19ClFN3O3. The monoisotopic (exact) mass is 403 g/mol. The largest absolute Gasteiger partial charge is 0.495 e. The van der Waals surface area contributed by atoms with Gasteiger partial charge in [0.1, 0.15) is 17.2 Å². The smallest absolute Gasteiger partial charge is 0.256 e. The highest BCUT2D eigenvalue weighted by atomic mass is 35.5. The molecule has 1 fully saturated rings. The molecule has 28 heavy (non-hydrogen) atoms. The van der Waals surface area contributed by atoms with Gasteiger partial charge < -0.3 is 25.5 Å². The van der Waals surface area contributed by atoms with Gasteiger partial charge in [-0.3, -0.25) is 4.79 Å². The van der Waals surface area contributed by atoms with E-state index in [0.717, 1.165) is 0 Å². The van der Waals surface area contributed by atoms with Crippen molar-refractivity contribution < 1.29 is 19.0 Å². The van der Waals surface area contributed by atoms with Gasteiger partial charge in [-0.05, 0) is 30.8 Å². The normalized spacial score (nSPS) is 21.5. The van der Waals surface area contributed by atoms with Gasteiger partial charge >= 0.3 is 0 Å². The zero-order valence-electron chi connectivity index (χ0n) is 15.1.